The molecule has 0 aliphatic carbocycles. The summed E-state index contributed by atoms with van der Waals surface area (Å²) >= 11 is 0. The standard InChI is InChI=1S/C66H116O6/c1-4-7-10-13-16-19-22-25-28-31-33-35-38-41-44-47-50-53-56-59-65(68)71-62-63(61-70-64(67)58-55-52-49-46-43-40-37-30-27-24-21-18-15-12-9-6-3)72-66(69)60-57-54-51-48-45-42-39-36-34-32-29-26-23-20-17-14-11-8-5-2/h7,10,16,19,25,28,33,35,41,44,50,53,63H,4-6,8-9,11-15,17-18,20-24,26-27,29-32,34,36-40,42-43,45-49,51-52,54-62H2,1-3H3/b10-7-,19-16-,28-25-,35-33-,44-41-,53-50-. The maximum atomic E-state index is 12.9. The normalized spacial score (nSPS) is 12.5. The van der Waals surface area contributed by atoms with Crippen LogP contribution in [0, 0.1) is 0 Å². The molecule has 0 spiro atoms. The number of allylic oxidation sites excluding steroid dienone is 12. The summed E-state index contributed by atoms with van der Waals surface area (Å²) in [7, 11) is 0. The van der Waals surface area contributed by atoms with Gasteiger partial charge in [0, 0.05) is 19.3 Å². The van der Waals surface area contributed by atoms with E-state index in [1.807, 2.05) is 6.08 Å². The third kappa shape index (κ3) is 57.7. The number of carbonyl (C=O) groups is 3. The van der Waals surface area contributed by atoms with Gasteiger partial charge in [-0.05, 0) is 57.8 Å². The van der Waals surface area contributed by atoms with Crippen molar-refractivity contribution in [2.45, 2.75) is 316 Å². The van der Waals surface area contributed by atoms with Gasteiger partial charge in [-0.2, -0.15) is 0 Å². The fourth-order valence-corrected chi connectivity index (χ4v) is 8.88. The molecule has 1 atom stereocenters. The summed E-state index contributed by atoms with van der Waals surface area (Å²) in [6.45, 7) is 6.51. The topological polar surface area (TPSA) is 78.9 Å². The van der Waals surface area contributed by atoms with Crippen LogP contribution in [-0.2, 0) is 28.6 Å². The molecule has 0 rings (SSSR count). The molecule has 0 heterocycles. The van der Waals surface area contributed by atoms with Crippen molar-refractivity contribution >= 4 is 17.9 Å². The van der Waals surface area contributed by atoms with Gasteiger partial charge in [-0.3, -0.25) is 14.4 Å². The van der Waals surface area contributed by atoms with Crippen molar-refractivity contribution in [2.75, 3.05) is 13.2 Å². The third-order valence-electron chi connectivity index (χ3n) is 13.5. The SMILES string of the molecule is CC/C=C\C/C=C\C/C=C\C/C=C\C/C=C\C/C=C\CCC(=O)OCC(COC(=O)CCCCCCCCCCCCCCCCCC)OC(=O)CCCCCCCCCCCCCCCCCCCCC. The second-order valence-electron chi connectivity index (χ2n) is 20.6. The van der Waals surface area contributed by atoms with Crippen molar-refractivity contribution in [1.82, 2.24) is 0 Å². The van der Waals surface area contributed by atoms with Crippen molar-refractivity contribution in [3.8, 4) is 0 Å². The van der Waals surface area contributed by atoms with Gasteiger partial charge >= 0.3 is 17.9 Å². The maximum Gasteiger partial charge on any atom is 0.306 e. The van der Waals surface area contributed by atoms with Gasteiger partial charge in [-0.25, -0.2) is 0 Å². The molecule has 1 unspecified atom stereocenters. The van der Waals surface area contributed by atoms with Gasteiger partial charge in [-0.1, -0.05) is 306 Å². The van der Waals surface area contributed by atoms with Gasteiger partial charge in [0.2, 0.25) is 0 Å². The van der Waals surface area contributed by atoms with E-state index in [4.69, 9.17) is 14.2 Å². The van der Waals surface area contributed by atoms with Crippen LogP contribution in [0.3, 0.4) is 0 Å². The molecule has 0 aromatic carbocycles. The number of esters is 3. The molecule has 0 aromatic rings. The van der Waals surface area contributed by atoms with E-state index >= 15 is 0 Å². The van der Waals surface area contributed by atoms with E-state index in [1.165, 1.54) is 186 Å². The number of ether oxygens (including phenoxy) is 3. The van der Waals surface area contributed by atoms with Crippen molar-refractivity contribution in [3.63, 3.8) is 0 Å². The molecule has 6 nitrogen and oxygen atoms in total. The minimum Gasteiger partial charge on any atom is -0.462 e. The minimum absolute atomic E-state index is 0.0942. The third-order valence-corrected chi connectivity index (χ3v) is 13.5. The van der Waals surface area contributed by atoms with E-state index in [0.29, 0.717) is 19.3 Å². The van der Waals surface area contributed by atoms with Gasteiger partial charge in [-0.15, -0.1) is 0 Å². The Morgan fingerprint density at radius 3 is 0.847 bits per heavy atom. The van der Waals surface area contributed by atoms with E-state index in [9.17, 15) is 14.4 Å². The molecule has 72 heavy (non-hydrogen) atoms. The molecule has 0 fully saturated rings. The predicted octanol–water partition coefficient (Wildman–Crippen LogP) is 20.9. The summed E-state index contributed by atoms with van der Waals surface area (Å²) in [4.78, 5) is 38.2. The highest BCUT2D eigenvalue weighted by atomic mass is 16.6. The van der Waals surface area contributed by atoms with Gasteiger partial charge in [0.25, 0.3) is 0 Å². The first kappa shape index (κ1) is 68.8. The average Bonchev–Trinajstić information content (AvgIpc) is 3.38. The highest BCUT2D eigenvalue weighted by Gasteiger charge is 2.19. The second-order valence-corrected chi connectivity index (χ2v) is 20.6. The van der Waals surface area contributed by atoms with E-state index < -0.39 is 6.10 Å². The Hall–Kier alpha value is -3.15. The minimum atomic E-state index is -0.803. The second kappa shape index (κ2) is 60.4. The van der Waals surface area contributed by atoms with Crippen LogP contribution < -0.4 is 0 Å². The number of rotatable bonds is 56. The van der Waals surface area contributed by atoms with Gasteiger partial charge in [0.1, 0.15) is 13.2 Å². The summed E-state index contributed by atoms with van der Waals surface area (Å²) in [5, 5.41) is 0. The van der Waals surface area contributed by atoms with Crippen LogP contribution in [0.4, 0.5) is 0 Å². The first-order chi connectivity index (χ1) is 35.5. The van der Waals surface area contributed by atoms with Crippen molar-refractivity contribution < 1.29 is 28.6 Å². The molecular formula is C66H116O6. The van der Waals surface area contributed by atoms with Crippen LogP contribution in [0.5, 0.6) is 0 Å². The molecule has 0 radical (unpaired) electrons. The fourth-order valence-electron chi connectivity index (χ4n) is 8.88. The summed E-state index contributed by atoms with van der Waals surface area (Å²) in [5.41, 5.74) is 0. The Morgan fingerprint density at radius 1 is 0.292 bits per heavy atom. The highest BCUT2D eigenvalue weighted by molar-refractivity contribution is 5.71. The van der Waals surface area contributed by atoms with E-state index in [2.05, 4.69) is 87.6 Å². The first-order valence-electron chi connectivity index (χ1n) is 30.9. The zero-order valence-corrected chi connectivity index (χ0v) is 47.7. The van der Waals surface area contributed by atoms with Crippen LogP contribution in [-0.4, -0.2) is 37.2 Å². The van der Waals surface area contributed by atoms with E-state index in [0.717, 1.165) is 77.0 Å². The van der Waals surface area contributed by atoms with E-state index in [-0.39, 0.29) is 37.5 Å². The van der Waals surface area contributed by atoms with Gasteiger partial charge in [0.05, 0.1) is 0 Å². The number of unbranched alkanes of at least 4 members (excludes halogenated alkanes) is 33. The first-order valence-corrected chi connectivity index (χ1v) is 30.9. The largest absolute Gasteiger partial charge is 0.462 e. The Balaban J connectivity index is 4.44. The Bertz CT molecular complexity index is 1340. The molecule has 0 saturated heterocycles. The average molecular weight is 1010 g/mol. The smallest absolute Gasteiger partial charge is 0.306 e. The number of hydrogen-bond donors (Lipinski definition) is 0. The number of carbonyl (C=O) groups excluding carboxylic acids is 3. The van der Waals surface area contributed by atoms with Crippen LogP contribution >= 0.6 is 0 Å². The summed E-state index contributed by atoms with van der Waals surface area (Å²) in [5.74, 6) is -0.965. The summed E-state index contributed by atoms with van der Waals surface area (Å²) in [6, 6.07) is 0. The lowest BCUT2D eigenvalue weighted by Gasteiger charge is -2.18. The van der Waals surface area contributed by atoms with E-state index in [1.54, 1.807) is 0 Å². The van der Waals surface area contributed by atoms with Crippen LogP contribution in [0.1, 0.15) is 310 Å². The van der Waals surface area contributed by atoms with Gasteiger partial charge < -0.3 is 14.2 Å². The number of hydrogen-bond acceptors (Lipinski definition) is 6. The van der Waals surface area contributed by atoms with Crippen LogP contribution in [0.2, 0.25) is 0 Å². The Labute approximate surface area is 446 Å². The lowest BCUT2D eigenvalue weighted by atomic mass is 10.0. The molecule has 416 valence electrons. The van der Waals surface area contributed by atoms with Crippen molar-refractivity contribution in [2.24, 2.45) is 0 Å². The summed E-state index contributed by atoms with van der Waals surface area (Å²) in [6.07, 6.45) is 77.7. The molecule has 0 aromatic heterocycles. The Kier molecular flexibility index (Phi) is 57.8. The Morgan fingerprint density at radius 2 is 0.542 bits per heavy atom. The lowest BCUT2D eigenvalue weighted by molar-refractivity contribution is -0.166. The zero-order chi connectivity index (χ0) is 52.2. The van der Waals surface area contributed by atoms with Crippen molar-refractivity contribution in [3.05, 3.63) is 72.9 Å². The van der Waals surface area contributed by atoms with Crippen LogP contribution in [0.25, 0.3) is 0 Å². The molecular weight excluding hydrogens is 889 g/mol. The molecule has 0 aliphatic heterocycles. The van der Waals surface area contributed by atoms with Gasteiger partial charge in [0.15, 0.2) is 6.10 Å². The lowest BCUT2D eigenvalue weighted by Crippen LogP contribution is -2.30. The fraction of sp³-hybridized carbons (Fsp3) is 0.773. The molecule has 6 heteroatoms. The highest BCUT2D eigenvalue weighted by Crippen LogP contribution is 2.17. The quantitative estimate of drug-likeness (QED) is 0.0261. The van der Waals surface area contributed by atoms with Crippen LogP contribution in [0.15, 0.2) is 72.9 Å². The molecule has 0 aliphatic rings. The predicted molar refractivity (Wildman–Crippen MR) is 311 cm³/mol. The molecule has 0 bridgehead atoms. The molecule has 0 saturated carbocycles. The molecule has 0 N–H and O–H groups in total. The monoisotopic (exact) mass is 1000 g/mol. The van der Waals surface area contributed by atoms with Crippen molar-refractivity contribution in [1.29, 1.82) is 0 Å². The zero-order valence-electron chi connectivity index (χ0n) is 47.7. The molecule has 0 amide bonds. The maximum absolute atomic E-state index is 12.9. The summed E-state index contributed by atoms with van der Waals surface area (Å²) < 4.78 is 16.9.